The molecule has 2 aromatic carbocycles. The first kappa shape index (κ1) is 12.3. The minimum Gasteiger partial charge on any atom is -0.306 e. The van der Waals surface area contributed by atoms with E-state index in [9.17, 15) is 14.0 Å². The Labute approximate surface area is 113 Å². The lowest BCUT2D eigenvalue weighted by molar-refractivity contribution is 0.103. The second kappa shape index (κ2) is 4.45. The number of carbonyl (C=O) groups excluding carboxylic acids is 1. The Kier molecular flexibility index (Phi) is 2.75. The van der Waals surface area contributed by atoms with Crippen LogP contribution in [0.4, 0.5) is 4.39 Å². The molecule has 3 aromatic rings. The van der Waals surface area contributed by atoms with Gasteiger partial charge in [-0.1, -0.05) is 11.6 Å². The number of aromatic nitrogens is 2. The van der Waals surface area contributed by atoms with Gasteiger partial charge in [0.25, 0.3) is 0 Å². The van der Waals surface area contributed by atoms with E-state index < -0.39 is 11.6 Å². The molecule has 0 atom stereocenters. The van der Waals surface area contributed by atoms with Crippen molar-refractivity contribution < 1.29 is 9.18 Å². The van der Waals surface area contributed by atoms with Gasteiger partial charge in [-0.15, -0.1) is 0 Å². The number of halogens is 1. The van der Waals surface area contributed by atoms with Gasteiger partial charge in [0.15, 0.2) is 5.78 Å². The van der Waals surface area contributed by atoms with Crippen LogP contribution in [0.3, 0.4) is 0 Å². The van der Waals surface area contributed by atoms with E-state index >= 15 is 0 Å². The number of nitrogens with one attached hydrogen (secondary N) is 2. The molecular formula is C15H11FN2O2. The van der Waals surface area contributed by atoms with E-state index in [0.29, 0.717) is 16.6 Å². The van der Waals surface area contributed by atoms with Gasteiger partial charge in [0.05, 0.1) is 16.6 Å². The summed E-state index contributed by atoms with van der Waals surface area (Å²) in [5.74, 6) is -0.960. The standard InChI is InChI=1S/C15H11FN2O2/c1-8-2-4-11(16)10(6-8)14(19)9-3-5-12-13(7-9)18-15(20)17-12/h2-7H,1H3,(H2,17,18,20). The molecule has 0 unspecified atom stereocenters. The number of aromatic amines is 2. The molecule has 0 bridgehead atoms. The number of H-pyrrole nitrogens is 2. The first-order valence-electron chi connectivity index (χ1n) is 6.07. The first-order chi connectivity index (χ1) is 9.54. The van der Waals surface area contributed by atoms with Crippen LogP contribution >= 0.6 is 0 Å². The topological polar surface area (TPSA) is 65.7 Å². The number of rotatable bonds is 2. The highest BCUT2D eigenvalue weighted by molar-refractivity contribution is 6.10. The predicted octanol–water partition coefficient (Wildman–Crippen LogP) is 2.53. The van der Waals surface area contributed by atoms with Crippen molar-refractivity contribution in [1.82, 2.24) is 9.97 Å². The number of hydrogen-bond donors (Lipinski definition) is 2. The fourth-order valence-electron chi connectivity index (χ4n) is 2.14. The van der Waals surface area contributed by atoms with Crippen molar-refractivity contribution >= 4 is 16.8 Å². The molecule has 0 saturated heterocycles. The summed E-state index contributed by atoms with van der Waals surface area (Å²) in [6.07, 6.45) is 0. The average Bonchev–Trinajstić information content (AvgIpc) is 2.79. The minimum absolute atomic E-state index is 0.0298. The highest BCUT2D eigenvalue weighted by atomic mass is 19.1. The van der Waals surface area contributed by atoms with Crippen LogP contribution in [0, 0.1) is 12.7 Å². The van der Waals surface area contributed by atoms with Gasteiger partial charge in [-0.05, 0) is 37.3 Å². The molecule has 0 amide bonds. The van der Waals surface area contributed by atoms with Crippen molar-refractivity contribution in [3.8, 4) is 0 Å². The lowest BCUT2D eigenvalue weighted by atomic mass is 10.0. The summed E-state index contributed by atoms with van der Waals surface area (Å²) in [6, 6.07) is 9.13. The summed E-state index contributed by atoms with van der Waals surface area (Å²) in [6.45, 7) is 1.79. The fourth-order valence-corrected chi connectivity index (χ4v) is 2.14. The van der Waals surface area contributed by atoms with Gasteiger partial charge in [-0.25, -0.2) is 9.18 Å². The Morgan fingerprint density at radius 2 is 1.80 bits per heavy atom. The number of hydrogen-bond acceptors (Lipinski definition) is 2. The molecule has 0 aliphatic rings. The molecule has 5 heteroatoms. The van der Waals surface area contributed by atoms with Crippen LogP contribution in [0.2, 0.25) is 0 Å². The molecule has 0 radical (unpaired) electrons. The van der Waals surface area contributed by atoms with Crippen LogP contribution in [0.25, 0.3) is 11.0 Å². The van der Waals surface area contributed by atoms with Gasteiger partial charge in [0.1, 0.15) is 5.82 Å². The van der Waals surface area contributed by atoms with Crippen LogP contribution in [-0.2, 0) is 0 Å². The Bertz CT molecular complexity index is 877. The molecule has 1 heterocycles. The first-order valence-corrected chi connectivity index (χ1v) is 6.07. The third kappa shape index (κ3) is 2.03. The Hall–Kier alpha value is -2.69. The number of aryl methyl sites for hydroxylation is 1. The second-order valence-electron chi connectivity index (χ2n) is 4.65. The maximum atomic E-state index is 13.7. The zero-order valence-corrected chi connectivity index (χ0v) is 10.7. The molecule has 0 spiro atoms. The van der Waals surface area contributed by atoms with Crippen molar-refractivity contribution in [3.63, 3.8) is 0 Å². The van der Waals surface area contributed by atoms with Gasteiger partial charge >= 0.3 is 5.69 Å². The van der Waals surface area contributed by atoms with Gasteiger partial charge in [-0.3, -0.25) is 4.79 Å². The van der Waals surface area contributed by atoms with Crippen molar-refractivity contribution in [2.24, 2.45) is 0 Å². The lowest BCUT2D eigenvalue weighted by Gasteiger charge is -2.04. The van der Waals surface area contributed by atoms with Gasteiger partial charge in [0.2, 0.25) is 0 Å². The van der Waals surface area contributed by atoms with Gasteiger partial charge in [-0.2, -0.15) is 0 Å². The molecule has 4 nitrogen and oxygen atoms in total. The zero-order chi connectivity index (χ0) is 14.3. The molecular weight excluding hydrogens is 259 g/mol. The molecule has 0 aliphatic carbocycles. The quantitative estimate of drug-likeness (QED) is 0.703. The number of carbonyl (C=O) groups is 1. The van der Waals surface area contributed by atoms with E-state index in [-0.39, 0.29) is 11.3 Å². The minimum atomic E-state index is -0.553. The molecule has 1 aromatic heterocycles. The largest absolute Gasteiger partial charge is 0.323 e. The summed E-state index contributed by atoms with van der Waals surface area (Å²) in [7, 11) is 0. The summed E-state index contributed by atoms with van der Waals surface area (Å²) in [5, 5.41) is 0. The Morgan fingerprint density at radius 1 is 1.05 bits per heavy atom. The monoisotopic (exact) mass is 270 g/mol. The van der Waals surface area contributed by atoms with E-state index in [0.717, 1.165) is 5.56 Å². The molecule has 0 aliphatic heterocycles. The molecule has 2 N–H and O–H groups in total. The maximum absolute atomic E-state index is 13.7. The van der Waals surface area contributed by atoms with Crippen LogP contribution < -0.4 is 5.69 Å². The predicted molar refractivity (Wildman–Crippen MR) is 73.5 cm³/mol. The Morgan fingerprint density at radius 3 is 2.60 bits per heavy atom. The van der Waals surface area contributed by atoms with Crippen molar-refractivity contribution in [1.29, 1.82) is 0 Å². The van der Waals surface area contributed by atoms with Crippen LogP contribution in [0.15, 0.2) is 41.2 Å². The van der Waals surface area contributed by atoms with E-state index in [4.69, 9.17) is 0 Å². The molecule has 0 fully saturated rings. The second-order valence-corrected chi connectivity index (χ2v) is 4.65. The Balaban J connectivity index is 2.12. The van der Waals surface area contributed by atoms with E-state index in [1.807, 2.05) is 0 Å². The molecule has 20 heavy (non-hydrogen) atoms. The third-order valence-electron chi connectivity index (χ3n) is 3.14. The van der Waals surface area contributed by atoms with Crippen molar-refractivity contribution in [2.75, 3.05) is 0 Å². The third-order valence-corrected chi connectivity index (χ3v) is 3.14. The number of benzene rings is 2. The van der Waals surface area contributed by atoms with Gasteiger partial charge in [0, 0.05) is 5.56 Å². The zero-order valence-electron chi connectivity index (χ0n) is 10.7. The number of ketones is 1. The summed E-state index contributed by atoms with van der Waals surface area (Å²) < 4.78 is 13.7. The average molecular weight is 270 g/mol. The maximum Gasteiger partial charge on any atom is 0.323 e. The van der Waals surface area contributed by atoms with Crippen LogP contribution in [-0.4, -0.2) is 15.8 Å². The summed E-state index contributed by atoms with van der Waals surface area (Å²) in [4.78, 5) is 28.7. The number of fused-ring (bicyclic) bond motifs is 1. The van der Waals surface area contributed by atoms with Gasteiger partial charge < -0.3 is 9.97 Å². The number of imidazole rings is 1. The SMILES string of the molecule is Cc1ccc(F)c(C(=O)c2ccc3[nH]c(=O)[nH]c3c2)c1. The van der Waals surface area contributed by atoms with Crippen molar-refractivity contribution in [2.45, 2.75) is 6.92 Å². The van der Waals surface area contributed by atoms with Crippen molar-refractivity contribution in [3.05, 3.63) is 69.4 Å². The van der Waals surface area contributed by atoms with Crippen LogP contribution in [0.5, 0.6) is 0 Å². The highest BCUT2D eigenvalue weighted by Gasteiger charge is 2.15. The molecule has 3 rings (SSSR count). The fraction of sp³-hybridized carbons (Fsp3) is 0.0667. The molecule has 100 valence electrons. The molecule has 0 saturated carbocycles. The van der Waals surface area contributed by atoms with E-state index in [2.05, 4.69) is 9.97 Å². The van der Waals surface area contributed by atoms with E-state index in [1.165, 1.54) is 18.2 Å². The van der Waals surface area contributed by atoms with Crippen LogP contribution in [0.1, 0.15) is 21.5 Å². The normalized spacial score (nSPS) is 10.9. The summed E-state index contributed by atoms with van der Waals surface area (Å²) >= 11 is 0. The summed E-state index contributed by atoms with van der Waals surface area (Å²) in [5.41, 5.74) is 1.96. The smallest absolute Gasteiger partial charge is 0.306 e. The lowest BCUT2D eigenvalue weighted by Crippen LogP contribution is -2.04. The highest BCUT2D eigenvalue weighted by Crippen LogP contribution is 2.17. The van der Waals surface area contributed by atoms with E-state index in [1.54, 1.807) is 25.1 Å².